The third-order valence-electron chi connectivity index (χ3n) is 3.42. The first-order valence-corrected chi connectivity index (χ1v) is 7.00. The van der Waals surface area contributed by atoms with Gasteiger partial charge in [-0.15, -0.1) is 0 Å². The Bertz CT molecular complexity index is 613. The summed E-state index contributed by atoms with van der Waals surface area (Å²) in [4.78, 5) is 11.2. The summed E-state index contributed by atoms with van der Waals surface area (Å²) in [6, 6.07) is 14.7. The third-order valence-corrected chi connectivity index (χ3v) is 3.42. The van der Waals surface area contributed by atoms with Gasteiger partial charge in [0.1, 0.15) is 5.82 Å². The van der Waals surface area contributed by atoms with Crippen molar-refractivity contribution in [1.29, 1.82) is 0 Å². The fraction of sp³-hybridized carbons (Fsp3) is 0.235. The summed E-state index contributed by atoms with van der Waals surface area (Å²) in [5.41, 5.74) is 7.01. The number of amides is 1. The topological polar surface area (TPSA) is 55.1 Å². The molecule has 2 aromatic rings. The van der Waals surface area contributed by atoms with Gasteiger partial charge in [0.05, 0.1) is 5.56 Å². The van der Waals surface area contributed by atoms with Crippen LogP contribution in [0.1, 0.15) is 29.3 Å². The molecule has 0 aliphatic carbocycles. The number of rotatable bonds is 6. The largest absolute Gasteiger partial charge is 0.382 e. The quantitative estimate of drug-likeness (QED) is 0.855. The molecule has 21 heavy (non-hydrogen) atoms. The molecule has 0 saturated heterocycles. The number of primary amides is 1. The second kappa shape index (κ2) is 6.88. The van der Waals surface area contributed by atoms with Crippen LogP contribution in [0.5, 0.6) is 0 Å². The molecular weight excluding hydrogens is 267 g/mol. The van der Waals surface area contributed by atoms with Gasteiger partial charge in [-0.05, 0) is 36.6 Å². The average Bonchev–Trinajstić information content (AvgIpc) is 2.49. The van der Waals surface area contributed by atoms with Crippen molar-refractivity contribution in [3.8, 4) is 0 Å². The molecule has 1 atom stereocenters. The smallest absolute Gasteiger partial charge is 0.251 e. The summed E-state index contributed by atoms with van der Waals surface area (Å²) in [6.45, 7) is 2.08. The van der Waals surface area contributed by atoms with Crippen LogP contribution in [0, 0.1) is 5.82 Å². The van der Waals surface area contributed by atoms with Crippen molar-refractivity contribution in [2.45, 2.75) is 25.8 Å². The van der Waals surface area contributed by atoms with Crippen LogP contribution >= 0.6 is 0 Å². The first kappa shape index (κ1) is 15.0. The van der Waals surface area contributed by atoms with Crippen LogP contribution < -0.4 is 11.1 Å². The SMILES string of the molecule is CCC(Cc1ccccc1)Nc1ccc(F)c(C(N)=O)c1. The Labute approximate surface area is 124 Å². The highest BCUT2D eigenvalue weighted by Gasteiger charge is 2.12. The molecule has 3 N–H and O–H groups in total. The lowest BCUT2D eigenvalue weighted by atomic mass is 10.0. The van der Waals surface area contributed by atoms with Gasteiger partial charge in [0.2, 0.25) is 0 Å². The minimum absolute atomic E-state index is 0.0884. The van der Waals surface area contributed by atoms with Crippen LogP contribution in [-0.2, 0) is 6.42 Å². The van der Waals surface area contributed by atoms with Crippen LogP contribution in [0.4, 0.5) is 10.1 Å². The highest BCUT2D eigenvalue weighted by Crippen LogP contribution is 2.17. The number of nitrogens with one attached hydrogen (secondary N) is 1. The number of hydrogen-bond donors (Lipinski definition) is 2. The van der Waals surface area contributed by atoms with E-state index in [1.807, 2.05) is 18.2 Å². The van der Waals surface area contributed by atoms with E-state index >= 15 is 0 Å². The number of hydrogen-bond acceptors (Lipinski definition) is 2. The maximum Gasteiger partial charge on any atom is 0.251 e. The van der Waals surface area contributed by atoms with Crippen molar-refractivity contribution >= 4 is 11.6 Å². The number of halogens is 1. The van der Waals surface area contributed by atoms with Crippen LogP contribution in [0.3, 0.4) is 0 Å². The number of nitrogens with two attached hydrogens (primary N) is 1. The number of benzene rings is 2. The molecule has 2 aromatic carbocycles. The number of anilines is 1. The third kappa shape index (κ3) is 4.05. The van der Waals surface area contributed by atoms with Crippen LogP contribution in [0.2, 0.25) is 0 Å². The van der Waals surface area contributed by atoms with E-state index in [1.165, 1.54) is 17.7 Å². The molecule has 0 heterocycles. The minimum Gasteiger partial charge on any atom is -0.382 e. The molecule has 4 heteroatoms. The predicted octanol–water partition coefficient (Wildman–Crippen LogP) is 3.36. The van der Waals surface area contributed by atoms with E-state index in [-0.39, 0.29) is 11.6 Å². The Morgan fingerprint density at radius 1 is 1.24 bits per heavy atom. The van der Waals surface area contributed by atoms with Crippen molar-refractivity contribution < 1.29 is 9.18 Å². The lowest BCUT2D eigenvalue weighted by Crippen LogP contribution is -2.22. The van der Waals surface area contributed by atoms with Crippen LogP contribution in [0.15, 0.2) is 48.5 Å². The van der Waals surface area contributed by atoms with E-state index < -0.39 is 11.7 Å². The maximum atomic E-state index is 13.5. The zero-order chi connectivity index (χ0) is 15.2. The first-order valence-electron chi connectivity index (χ1n) is 7.00. The Morgan fingerprint density at radius 2 is 1.95 bits per heavy atom. The summed E-state index contributed by atoms with van der Waals surface area (Å²) in [5.74, 6) is -1.35. The normalized spacial score (nSPS) is 11.9. The molecule has 2 rings (SSSR count). The molecule has 110 valence electrons. The lowest BCUT2D eigenvalue weighted by Gasteiger charge is -2.19. The fourth-order valence-electron chi connectivity index (χ4n) is 2.24. The summed E-state index contributed by atoms with van der Waals surface area (Å²) in [5, 5.41) is 3.33. The van der Waals surface area contributed by atoms with Gasteiger partial charge >= 0.3 is 0 Å². The van der Waals surface area contributed by atoms with Crippen molar-refractivity contribution in [3.05, 3.63) is 65.5 Å². The number of carbonyl (C=O) groups excluding carboxylic acids is 1. The fourth-order valence-corrected chi connectivity index (χ4v) is 2.24. The van der Waals surface area contributed by atoms with Gasteiger partial charge < -0.3 is 11.1 Å². The minimum atomic E-state index is -0.757. The van der Waals surface area contributed by atoms with Gasteiger partial charge in [0, 0.05) is 11.7 Å². The second-order valence-corrected chi connectivity index (χ2v) is 5.00. The molecule has 0 bridgehead atoms. The molecule has 1 unspecified atom stereocenters. The van der Waals surface area contributed by atoms with Crippen LogP contribution in [-0.4, -0.2) is 11.9 Å². The Kier molecular flexibility index (Phi) is 4.93. The van der Waals surface area contributed by atoms with Gasteiger partial charge in [-0.1, -0.05) is 37.3 Å². The lowest BCUT2D eigenvalue weighted by molar-refractivity contribution is 0.0996. The monoisotopic (exact) mass is 286 g/mol. The molecule has 0 aliphatic rings. The van der Waals surface area contributed by atoms with E-state index in [1.54, 1.807) is 6.07 Å². The Hall–Kier alpha value is -2.36. The molecule has 1 amide bonds. The van der Waals surface area contributed by atoms with E-state index in [2.05, 4.69) is 24.4 Å². The Morgan fingerprint density at radius 3 is 2.57 bits per heavy atom. The van der Waals surface area contributed by atoms with Gasteiger partial charge in [0.25, 0.3) is 5.91 Å². The zero-order valence-corrected chi connectivity index (χ0v) is 12.0. The van der Waals surface area contributed by atoms with E-state index in [0.29, 0.717) is 5.69 Å². The highest BCUT2D eigenvalue weighted by molar-refractivity contribution is 5.94. The average molecular weight is 286 g/mol. The van der Waals surface area contributed by atoms with Crippen molar-refractivity contribution in [3.63, 3.8) is 0 Å². The molecule has 0 aromatic heterocycles. The molecular formula is C17H19FN2O. The second-order valence-electron chi connectivity index (χ2n) is 5.00. The summed E-state index contributed by atoms with van der Waals surface area (Å²) < 4.78 is 13.5. The number of carbonyl (C=O) groups is 1. The van der Waals surface area contributed by atoms with Crippen molar-refractivity contribution in [1.82, 2.24) is 0 Å². The molecule has 0 saturated carbocycles. The first-order chi connectivity index (χ1) is 10.1. The van der Waals surface area contributed by atoms with Gasteiger partial charge in [-0.3, -0.25) is 4.79 Å². The standard InChI is InChI=1S/C17H19FN2O/c1-2-13(10-12-6-4-3-5-7-12)20-14-8-9-16(18)15(11-14)17(19)21/h3-9,11,13,20H,2,10H2,1H3,(H2,19,21). The summed E-state index contributed by atoms with van der Waals surface area (Å²) in [7, 11) is 0. The van der Waals surface area contributed by atoms with E-state index in [4.69, 9.17) is 5.73 Å². The van der Waals surface area contributed by atoms with Crippen molar-refractivity contribution in [2.24, 2.45) is 5.73 Å². The molecule has 0 aliphatic heterocycles. The molecule has 0 fully saturated rings. The summed E-state index contributed by atoms with van der Waals surface area (Å²) >= 11 is 0. The molecule has 3 nitrogen and oxygen atoms in total. The molecule has 0 spiro atoms. The van der Waals surface area contributed by atoms with E-state index in [9.17, 15) is 9.18 Å². The van der Waals surface area contributed by atoms with Crippen molar-refractivity contribution in [2.75, 3.05) is 5.32 Å². The zero-order valence-electron chi connectivity index (χ0n) is 12.0. The Balaban J connectivity index is 2.11. The molecule has 0 radical (unpaired) electrons. The predicted molar refractivity (Wildman–Crippen MR) is 82.8 cm³/mol. The van der Waals surface area contributed by atoms with Gasteiger partial charge in [0.15, 0.2) is 0 Å². The van der Waals surface area contributed by atoms with Crippen LogP contribution in [0.25, 0.3) is 0 Å². The van der Waals surface area contributed by atoms with E-state index in [0.717, 1.165) is 12.8 Å². The summed E-state index contributed by atoms with van der Waals surface area (Å²) in [6.07, 6.45) is 1.78. The maximum absolute atomic E-state index is 13.5. The van der Waals surface area contributed by atoms with Gasteiger partial charge in [-0.25, -0.2) is 4.39 Å². The van der Waals surface area contributed by atoms with Gasteiger partial charge in [-0.2, -0.15) is 0 Å². The highest BCUT2D eigenvalue weighted by atomic mass is 19.1.